The normalized spacial score (nSPS) is 13.5. The third-order valence-electron chi connectivity index (χ3n) is 4.48. The van der Waals surface area contributed by atoms with Crippen LogP contribution in [0.15, 0.2) is 0 Å². The lowest BCUT2D eigenvalue weighted by Crippen LogP contribution is -2.52. The average molecular weight is 501 g/mol. The van der Waals surface area contributed by atoms with Gasteiger partial charge in [0.05, 0.1) is 128 Å². The minimum absolute atomic E-state index is 0.00262. The molecule has 0 fully saturated rings. The molecular weight excluding hydrogens is 468 g/mol. The first-order chi connectivity index (χ1) is 17.7. The van der Waals surface area contributed by atoms with Crippen LogP contribution in [0.4, 0.5) is 0 Å². The summed E-state index contributed by atoms with van der Waals surface area (Å²) in [7, 11) is 0. The second-order valence-corrected chi connectivity index (χ2v) is 7.09. The largest absolute Gasteiger partial charge is 0.378 e. The fraction of sp³-hybridized carbons (Fsp3) is 0.750. The SMILES string of the molecule is N#CCCOC[C@H](OCCC#N)[C@H](OCCC#N)[C@@H](OCCC#N)[C@H](COCCC#N)OCCC#N. The van der Waals surface area contributed by atoms with E-state index in [9.17, 15) is 0 Å². The van der Waals surface area contributed by atoms with E-state index in [2.05, 4.69) is 0 Å². The molecule has 0 N–H and O–H groups in total. The molecule has 0 aliphatic carbocycles. The highest BCUT2D eigenvalue weighted by Gasteiger charge is 2.38. The molecule has 12 heteroatoms. The second kappa shape index (κ2) is 24.8. The molecule has 4 atom stereocenters. The smallest absolute Gasteiger partial charge is 0.115 e. The topological polar surface area (TPSA) is 198 Å². The van der Waals surface area contributed by atoms with Gasteiger partial charge in [0.1, 0.15) is 24.4 Å². The number of hydrogen-bond donors (Lipinski definition) is 0. The molecule has 194 valence electrons. The summed E-state index contributed by atoms with van der Waals surface area (Å²) in [5, 5.41) is 53.4. The third kappa shape index (κ3) is 16.3. The summed E-state index contributed by atoms with van der Waals surface area (Å²) in [5.41, 5.74) is 0. The van der Waals surface area contributed by atoms with Gasteiger partial charge in [-0.15, -0.1) is 0 Å². The molecule has 0 spiro atoms. The Balaban J connectivity index is 6.02. The van der Waals surface area contributed by atoms with Crippen molar-refractivity contribution >= 4 is 0 Å². The Morgan fingerprint density at radius 1 is 0.389 bits per heavy atom. The van der Waals surface area contributed by atoms with E-state index < -0.39 is 24.4 Å². The van der Waals surface area contributed by atoms with Crippen molar-refractivity contribution in [2.24, 2.45) is 0 Å². The Labute approximate surface area is 212 Å². The van der Waals surface area contributed by atoms with Crippen LogP contribution in [0.3, 0.4) is 0 Å². The van der Waals surface area contributed by atoms with Crippen molar-refractivity contribution in [2.75, 3.05) is 52.9 Å². The van der Waals surface area contributed by atoms with Crippen LogP contribution in [0.2, 0.25) is 0 Å². The minimum Gasteiger partial charge on any atom is -0.378 e. The summed E-state index contributed by atoms with van der Waals surface area (Å²) in [6, 6.07) is 12.0. The van der Waals surface area contributed by atoms with E-state index in [4.69, 9.17) is 60.0 Å². The maximum Gasteiger partial charge on any atom is 0.115 e. The van der Waals surface area contributed by atoms with Crippen molar-refractivity contribution in [3.05, 3.63) is 0 Å². The highest BCUT2D eigenvalue weighted by Crippen LogP contribution is 2.21. The minimum atomic E-state index is -0.871. The number of hydrogen-bond acceptors (Lipinski definition) is 12. The predicted octanol–water partition coefficient (Wildman–Crippen LogP) is 2.04. The summed E-state index contributed by atoms with van der Waals surface area (Å²) in [4.78, 5) is 0. The highest BCUT2D eigenvalue weighted by atomic mass is 16.6. The lowest BCUT2D eigenvalue weighted by molar-refractivity contribution is -0.195. The molecule has 12 nitrogen and oxygen atoms in total. The van der Waals surface area contributed by atoms with Gasteiger partial charge < -0.3 is 28.4 Å². The van der Waals surface area contributed by atoms with Crippen LogP contribution in [0.1, 0.15) is 38.5 Å². The maximum atomic E-state index is 9.00. The lowest BCUT2D eigenvalue weighted by Gasteiger charge is -2.37. The van der Waals surface area contributed by atoms with E-state index in [0.29, 0.717) is 0 Å². The first kappa shape index (κ1) is 32.7. The van der Waals surface area contributed by atoms with Gasteiger partial charge in [0.15, 0.2) is 0 Å². The molecule has 0 bridgehead atoms. The van der Waals surface area contributed by atoms with Crippen LogP contribution in [-0.4, -0.2) is 77.3 Å². The van der Waals surface area contributed by atoms with E-state index in [-0.39, 0.29) is 91.4 Å². The van der Waals surface area contributed by atoms with Crippen molar-refractivity contribution in [1.82, 2.24) is 0 Å². The molecule has 0 aromatic rings. The molecule has 36 heavy (non-hydrogen) atoms. The summed E-state index contributed by atoms with van der Waals surface area (Å²) >= 11 is 0. The molecule has 0 amide bonds. The first-order valence-corrected chi connectivity index (χ1v) is 11.5. The Morgan fingerprint density at radius 2 is 0.667 bits per heavy atom. The Kier molecular flexibility index (Phi) is 22.5. The first-order valence-electron chi connectivity index (χ1n) is 11.5. The van der Waals surface area contributed by atoms with E-state index in [0.717, 1.165) is 0 Å². The zero-order valence-corrected chi connectivity index (χ0v) is 20.3. The van der Waals surface area contributed by atoms with Crippen LogP contribution in [0.5, 0.6) is 0 Å². The molecular formula is C24H32N6O6. The van der Waals surface area contributed by atoms with Gasteiger partial charge in [-0.25, -0.2) is 0 Å². The molecule has 0 rings (SSSR count). The number of nitriles is 6. The number of rotatable bonds is 23. The zero-order chi connectivity index (χ0) is 26.7. The monoisotopic (exact) mass is 500 g/mol. The van der Waals surface area contributed by atoms with Crippen LogP contribution in [0, 0.1) is 68.0 Å². The average Bonchev–Trinajstić information content (AvgIpc) is 2.88. The highest BCUT2D eigenvalue weighted by molar-refractivity contribution is 4.88. The lowest BCUT2D eigenvalue weighted by atomic mass is 10.0. The predicted molar refractivity (Wildman–Crippen MR) is 122 cm³/mol. The fourth-order valence-corrected chi connectivity index (χ4v) is 2.93. The van der Waals surface area contributed by atoms with Crippen molar-refractivity contribution in [2.45, 2.75) is 62.9 Å². The molecule has 0 radical (unpaired) electrons. The van der Waals surface area contributed by atoms with Gasteiger partial charge in [-0.2, -0.15) is 31.6 Å². The second-order valence-electron chi connectivity index (χ2n) is 7.09. The van der Waals surface area contributed by atoms with Crippen LogP contribution in [-0.2, 0) is 28.4 Å². The van der Waals surface area contributed by atoms with Gasteiger partial charge in [0.2, 0.25) is 0 Å². The molecule has 0 aromatic carbocycles. The Bertz CT molecular complexity index is 748. The summed E-state index contributed by atoms with van der Waals surface area (Å²) in [6.07, 6.45) is -2.57. The van der Waals surface area contributed by atoms with Gasteiger partial charge in [0.25, 0.3) is 0 Å². The van der Waals surface area contributed by atoms with Crippen molar-refractivity contribution in [1.29, 1.82) is 31.6 Å². The van der Waals surface area contributed by atoms with E-state index in [1.807, 2.05) is 36.4 Å². The van der Waals surface area contributed by atoms with Crippen molar-refractivity contribution < 1.29 is 28.4 Å². The van der Waals surface area contributed by atoms with Crippen LogP contribution in [0.25, 0.3) is 0 Å². The molecule has 0 saturated heterocycles. The molecule has 0 aromatic heterocycles. The van der Waals surface area contributed by atoms with Crippen LogP contribution < -0.4 is 0 Å². The molecule has 0 heterocycles. The van der Waals surface area contributed by atoms with Gasteiger partial charge in [-0.05, 0) is 0 Å². The maximum absolute atomic E-state index is 9.00. The van der Waals surface area contributed by atoms with E-state index in [1.54, 1.807) is 0 Å². The van der Waals surface area contributed by atoms with Gasteiger partial charge in [-0.3, -0.25) is 0 Å². The fourth-order valence-electron chi connectivity index (χ4n) is 2.93. The van der Waals surface area contributed by atoms with Gasteiger partial charge in [-0.1, -0.05) is 0 Å². The van der Waals surface area contributed by atoms with Crippen molar-refractivity contribution in [3.63, 3.8) is 0 Å². The van der Waals surface area contributed by atoms with Crippen LogP contribution >= 0.6 is 0 Å². The standard InChI is InChI=1S/C24H32N6O6/c25-7-1-13-31-19-21(33-15-3-9-27)23(35-17-5-11-29)24(36-18-6-12-30)22(34-16-4-10-28)20-32-14-2-8-26/h21-24H,1-6,13-20H2/t21-,22-,23-,24-/m0/s1. The molecule has 0 aliphatic heterocycles. The Hall–Kier alpha value is -3.30. The van der Waals surface area contributed by atoms with Gasteiger partial charge in [0, 0.05) is 0 Å². The number of ether oxygens (including phenoxy) is 6. The summed E-state index contributed by atoms with van der Waals surface area (Å²) in [6.45, 7) is 0.531. The van der Waals surface area contributed by atoms with Crippen molar-refractivity contribution in [3.8, 4) is 36.4 Å². The quantitative estimate of drug-likeness (QED) is 0.185. The van der Waals surface area contributed by atoms with E-state index in [1.165, 1.54) is 0 Å². The molecule has 0 saturated carbocycles. The zero-order valence-electron chi connectivity index (χ0n) is 20.3. The van der Waals surface area contributed by atoms with E-state index >= 15 is 0 Å². The summed E-state index contributed by atoms with van der Waals surface area (Å²) < 4.78 is 35.0. The molecule has 0 aliphatic rings. The Morgan fingerprint density at radius 3 is 0.972 bits per heavy atom. The van der Waals surface area contributed by atoms with Gasteiger partial charge >= 0.3 is 0 Å². The molecule has 0 unspecified atom stereocenters. The number of nitrogens with zero attached hydrogens (tertiary/aromatic N) is 6. The summed E-state index contributed by atoms with van der Waals surface area (Å²) in [5.74, 6) is 0. The third-order valence-corrected chi connectivity index (χ3v) is 4.48.